The summed E-state index contributed by atoms with van der Waals surface area (Å²) in [6.07, 6.45) is 2.28. The van der Waals surface area contributed by atoms with E-state index in [-0.39, 0.29) is 5.41 Å². The van der Waals surface area contributed by atoms with Gasteiger partial charge in [0.2, 0.25) is 0 Å². The number of aromatic nitrogens is 1. The maximum absolute atomic E-state index is 2.53. The Morgan fingerprint density at radius 3 is 2.17 bits per heavy atom. The third-order valence-corrected chi connectivity index (χ3v) is 13.1. The van der Waals surface area contributed by atoms with Crippen LogP contribution in [0.4, 0.5) is 0 Å². The van der Waals surface area contributed by atoms with Gasteiger partial charge in [-0.3, -0.25) is 0 Å². The molecule has 0 amide bonds. The number of aryl methyl sites for hydroxylation is 2. The van der Waals surface area contributed by atoms with Crippen molar-refractivity contribution in [3.8, 4) is 11.3 Å². The fourth-order valence-corrected chi connectivity index (χ4v) is 11.1. The van der Waals surface area contributed by atoms with Gasteiger partial charge in [-0.1, -0.05) is 0 Å². The van der Waals surface area contributed by atoms with Gasteiger partial charge in [-0.15, -0.1) is 0 Å². The van der Waals surface area contributed by atoms with Gasteiger partial charge in [0.15, 0.2) is 0 Å². The van der Waals surface area contributed by atoms with Crippen molar-refractivity contribution in [1.29, 1.82) is 0 Å². The molecule has 35 heavy (non-hydrogen) atoms. The molecule has 0 atom stereocenters. The Labute approximate surface area is 215 Å². The van der Waals surface area contributed by atoms with Crippen molar-refractivity contribution in [3.05, 3.63) is 71.9 Å². The van der Waals surface area contributed by atoms with Crippen LogP contribution in [0, 0.1) is 6.92 Å². The predicted octanol–water partition coefficient (Wildman–Crippen LogP) is 8.25. The van der Waals surface area contributed by atoms with Crippen molar-refractivity contribution < 1.29 is 4.57 Å². The van der Waals surface area contributed by atoms with E-state index in [1.54, 1.807) is 4.40 Å². The topological polar surface area (TPSA) is 3.88 Å². The molecule has 0 aliphatic carbocycles. The average molecular weight is 537 g/mol. The van der Waals surface area contributed by atoms with Crippen molar-refractivity contribution >= 4 is 61.7 Å². The molecule has 0 N–H and O–H groups in total. The molecule has 0 unspecified atom stereocenters. The fourth-order valence-electron chi connectivity index (χ4n) is 6.14. The minimum absolute atomic E-state index is 0.0388. The average Bonchev–Trinajstić information content (AvgIpc) is 2.78. The summed E-state index contributed by atoms with van der Waals surface area (Å²) < 4.78 is 3.96. The first-order valence-electron chi connectivity index (χ1n) is 12.6. The number of hydrogen-bond acceptors (Lipinski definition) is 1. The Kier molecular flexibility index (Phi) is 5.02. The number of nitrogens with zero attached hydrogens (tertiary/aromatic N) is 1. The molecule has 0 fully saturated rings. The molecule has 0 saturated heterocycles. The zero-order valence-electron chi connectivity index (χ0n) is 22.1. The third-order valence-electron chi connectivity index (χ3n) is 7.68. The van der Waals surface area contributed by atoms with E-state index in [0.29, 0.717) is 0 Å². The number of hydrogen-bond donors (Lipinski definition) is 0. The molecular formula is C32H34GeNS+. The van der Waals surface area contributed by atoms with Crippen molar-refractivity contribution in [3.63, 3.8) is 0 Å². The van der Waals surface area contributed by atoms with Crippen LogP contribution in [0.25, 0.3) is 43.6 Å². The van der Waals surface area contributed by atoms with Gasteiger partial charge < -0.3 is 0 Å². The van der Waals surface area contributed by atoms with E-state index in [1.807, 2.05) is 11.8 Å². The van der Waals surface area contributed by atoms with Gasteiger partial charge in [-0.25, -0.2) is 0 Å². The summed E-state index contributed by atoms with van der Waals surface area (Å²) in [5, 5.41) is 8.45. The molecule has 1 aliphatic rings. The van der Waals surface area contributed by atoms with Gasteiger partial charge in [0.25, 0.3) is 0 Å². The molecule has 6 rings (SSSR count). The Balaban J connectivity index is 1.85. The van der Waals surface area contributed by atoms with Gasteiger partial charge in [-0.2, -0.15) is 0 Å². The second-order valence-corrected chi connectivity index (χ2v) is 23.8. The summed E-state index contributed by atoms with van der Waals surface area (Å²) in [4.78, 5) is 2.85. The van der Waals surface area contributed by atoms with Crippen LogP contribution in [-0.4, -0.2) is 13.3 Å². The first-order valence-corrected chi connectivity index (χ1v) is 20.8. The molecule has 1 nitrogen and oxygen atoms in total. The van der Waals surface area contributed by atoms with E-state index in [4.69, 9.17) is 0 Å². The molecule has 2 heterocycles. The van der Waals surface area contributed by atoms with Crippen LogP contribution in [0.5, 0.6) is 0 Å². The van der Waals surface area contributed by atoms with Gasteiger partial charge in [-0.05, 0) is 0 Å². The van der Waals surface area contributed by atoms with E-state index in [2.05, 4.69) is 117 Å². The summed E-state index contributed by atoms with van der Waals surface area (Å²) in [5.41, 5.74) is 5.69. The quantitative estimate of drug-likeness (QED) is 0.116. The van der Waals surface area contributed by atoms with E-state index in [1.165, 1.54) is 64.5 Å². The van der Waals surface area contributed by atoms with Gasteiger partial charge in [0, 0.05) is 0 Å². The van der Waals surface area contributed by atoms with E-state index < -0.39 is 13.3 Å². The molecule has 0 radical (unpaired) electrons. The van der Waals surface area contributed by atoms with Crippen LogP contribution in [0.2, 0.25) is 17.3 Å². The zero-order chi connectivity index (χ0) is 24.9. The number of benzene rings is 4. The summed E-state index contributed by atoms with van der Waals surface area (Å²) in [6.45, 7) is 9.43. The second-order valence-electron chi connectivity index (χ2n) is 12.2. The summed E-state index contributed by atoms with van der Waals surface area (Å²) >= 11 is -0.0466. The van der Waals surface area contributed by atoms with Crippen molar-refractivity contribution in [1.82, 2.24) is 0 Å². The minimum atomic E-state index is -2.05. The first-order chi connectivity index (χ1) is 16.5. The Morgan fingerprint density at radius 1 is 0.800 bits per heavy atom. The van der Waals surface area contributed by atoms with E-state index >= 15 is 0 Å². The van der Waals surface area contributed by atoms with Crippen LogP contribution in [-0.2, 0) is 12.5 Å². The van der Waals surface area contributed by atoms with Gasteiger partial charge in [0.1, 0.15) is 0 Å². The van der Waals surface area contributed by atoms with Crippen molar-refractivity contribution in [2.24, 2.45) is 7.05 Å². The summed E-state index contributed by atoms with van der Waals surface area (Å²) in [7, 11) is 2.22. The third kappa shape index (κ3) is 3.33. The maximum atomic E-state index is 2.53. The molecule has 0 spiro atoms. The molecule has 0 bridgehead atoms. The second kappa shape index (κ2) is 7.60. The van der Waals surface area contributed by atoms with Gasteiger partial charge >= 0.3 is 217 Å². The number of rotatable bonds is 1. The normalized spacial score (nSPS) is 13.6. The fraction of sp³-hybridized carbons (Fsp3) is 0.281. The molecule has 1 aromatic heterocycles. The van der Waals surface area contributed by atoms with Crippen LogP contribution in [0.1, 0.15) is 31.9 Å². The van der Waals surface area contributed by atoms with Crippen LogP contribution in [0.15, 0.2) is 70.6 Å². The predicted molar refractivity (Wildman–Crippen MR) is 156 cm³/mol. The van der Waals surface area contributed by atoms with Gasteiger partial charge in [0.05, 0.1) is 0 Å². The SMILES string of the molecule is Cc1c2c(c(C(C)(C)C)c3ccccc13)Sc1cc3[c]([Ge]([CH3])([CH3])[CH3])cccc3c3cc[n+](C)c-2c13. The van der Waals surface area contributed by atoms with Crippen LogP contribution < -0.4 is 8.96 Å². The molecular weight excluding hydrogens is 503 g/mol. The van der Waals surface area contributed by atoms with Crippen LogP contribution in [0.3, 0.4) is 0 Å². The number of pyridine rings is 1. The molecule has 176 valence electrons. The molecule has 4 aromatic carbocycles. The first kappa shape index (κ1) is 23.1. The molecule has 3 heteroatoms. The Hall–Kier alpha value is -2.30. The Bertz CT molecular complexity index is 1700. The van der Waals surface area contributed by atoms with Crippen molar-refractivity contribution in [2.45, 2.75) is 60.2 Å². The molecule has 5 aromatic rings. The number of fused-ring (bicyclic) bond motifs is 5. The molecule has 1 aliphatic heterocycles. The standard InChI is InChI=1S/C32H34GeNS/c1-19-20-12-9-10-13-23(20)29(32(2,3)4)31-27(19)30-28-22(16-17-34(30)8)21-14-11-15-25(33(5,6)7)24(21)18-26(28)35-31/h9-18H,1-8H3/q+1. The summed E-state index contributed by atoms with van der Waals surface area (Å²) in [5.74, 6) is 7.53. The molecule has 0 saturated carbocycles. The van der Waals surface area contributed by atoms with E-state index in [9.17, 15) is 0 Å². The van der Waals surface area contributed by atoms with Crippen molar-refractivity contribution in [2.75, 3.05) is 0 Å². The van der Waals surface area contributed by atoms with E-state index in [0.717, 1.165) is 0 Å². The summed E-state index contributed by atoms with van der Waals surface area (Å²) in [6, 6.07) is 20.9. The zero-order valence-corrected chi connectivity index (χ0v) is 25.0. The van der Waals surface area contributed by atoms with Crippen LogP contribution >= 0.6 is 11.8 Å². The Morgan fingerprint density at radius 2 is 1.49 bits per heavy atom. The monoisotopic (exact) mass is 538 g/mol.